The highest BCUT2D eigenvalue weighted by molar-refractivity contribution is 5.91. The van der Waals surface area contributed by atoms with Crippen molar-refractivity contribution in [1.29, 1.82) is 0 Å². The number of hydrogen-bond donors (Lipinski definition) is 1. The van der Waals surface area contributed by atoms with E-state index >= 15 is 0 Å². The maximum Gasteiger partial charge on any atom is 0.322 e. The van der Waals surface area contributed by atoms with E-state index in [0.717, 1.165) is 24.3 Å². The Morgan fingerprint density at radius 3 is 2.96 bits per heavy atom. The van der Waals surface area contributed by atoms with Gasteiger partial charge in [-0.3, -0.25) is 0 Å². The molecule has 6 heteroatoms. The second-order valence-corrected chi connectivity index (χ2v) is 6.52. The monoisotopic (exact) mass is 343 g/mol. The number of nitrogens with zero attached hydrogens (tertiary/aromatic N) is 2. The average molecular weight is 343 g/mol. The molecule has 2 heterocycles. The zero-order valence-corrected chi connectivity index (χ0v) is 15.0. The second kappa shape index (κ2) is 7.59. The lowest BCUT2D eigenvalue weighted by molar-refractivity contribution is 0.195. The summed E-state index contributed by atoms with van der Waals surface area (Å²) < 4.78 is 11.1. The van der Waals surface area contributed by atoms with E-state index in [4.69, 9.17) is 9.26 Å². The fourth-order valence-corrected chi connectivity index (χ4v) is 3.08. The number of benzene rings is 1. The van der Waals surface area contributed by atoms with E-state index in [1.54, 1.807) is 0 Å². The van der Waals surface area contributed by atoms with Gasteiger partial charge in [0.05, 0.1) is 24.0 Å². The van der Waals surface area contributed by atoms with Gasteiger partial charge >= 0.3 is 6.03 Å². The first-order chi connectivity index (χ1) is 12.1. The van der Waals surface area contributed by atoms with Crippen molar-refractivity contribution in [1.82, 2.24) is 10.1 Å². The first-order valence-electron chi connectivity index (χ1n) is 8.86. The average Bonchev–Trinajstić information content (AvgIpc) is 3.25. The molecule has 3 rings (SSSR count). The number of likely N-dealkylation sites (tertiary alicyclic amines) is 1. The molecule has 2 aromatic rings. The number of rotatable bonds is 5. The van der Waals surface area contributed by atoms with Crippen LogP contribution in [0.15, 0.2) is 34.9 Å². The molecule has 1 aliphatic heterocycles. The molecule has 2 amide bonds. The van der Waals surface area contributed by atoms with Gasteiger partial charge < -0.3 is 19.5 Å². The Morgan fingerprint density at radius 1 is 1.44 bits per heavy atom. The normalized spacial score (nSPS) is 17.1. The third-order valence-electron chi connectivity index (χ3n) is 4.41. The molecule has 0 saturated carbocycles. The number of carbonyl (C=O) groups is 1. The minimum Gasteiger partial charge on any atom is -0.492 e. The number of aromatic nitrogens is 1. The van der Waals surface area contributed by atoms with Crippen LogP contribution in [0, 0.1) is 0 Å². The van der Waals surface area contributed by atoms with Crippen molar-refractivity contribution in [3.8, 4) is 5.75 Å². The standard InChI is InChI=1S/C19H25N3O3/c1-4-24-17-10-6-5-8-14(17)20-19(23)22-11-7-9-16(22)18-12-15(13(2)3)21-25-18/h5-6,8,10,12-13,16H,4,7,9,11H2,1-3H3,(H,20,23). The van der Waals surface area contributed by atoms with Gasteiger partial charge in [0, 0.05) is 12.6 Å². The van der Waals surface area contributed by atoms with Crippen LogP contribution in [0.4, 0.5) is 10.5 Å². The third kappa shape index (κ3) is 3.78. The molecule has 6 nitrogen and oxygen atoms in total. The minimum atomic E-state index is -0.142. The number of anilines is 1. The van der Waals surface area contributed by atoms with Crippen LogP contribution >= 0.6 is 0 Å². The van der Waals surface area contributed by atoms with Gasteiger partial charge in [-0.25, -0.2) is 4.79 Å². The van der Waals surface area contributed by atoms with Crippen molar-refractivity contribution < 1.29 is 14.1 Å². The molecule has 1 N–H and O–H groups in total. The lowest BCUT2D eigenvalue weighted by Gasteiger charge is -2.23. The summed E-state index contributed by atoms with van der Waals surface area (Å²) >= 11 is 0. The lowest BCUT2D eigenvalue weighted by atomic mass is 10.1. The van der Waals surface area contributed by atoms with Gasteiger partial charge in [0.25, 0.3) is 0 Å². The quantitative estimate of drug-likeness (QED) is 0.864. The Labute approximate surface area is 148 Å². The number of hydrogen-bond acceptors (Lipinski definition) is 4. The highest BCUT2D eigenvalue weighted by Gasteiger charge is 2.33. The number of para-hydroxylation sites is 2. The van der Waals surface area contributed by atoms with Crippen molar-refractivity contribution >= 4 is 11.7 Å². The molecule has 0 radical (unpaired) electrons. The number of amides is 2. The first-order valence-corrected chi connectivity index (χ1v) is 8.86. The highest BCUT2D eigenvalue weighted by atomic mass is 16.5. The summed E-state index contributed by atoms with van der Waals surface area (Å²) in [4.78, 5) is 14.6. The van der Waals surface area contributed by atoms with Crippen molar-refractivity contribution in [3.05, 3.63) is 41.8 Å². The van der Waals surface area contributed by atoms with Crippen LogP contribution in [-0.2, 0) is 0 Å². The Bertz CT molecular complexity index is 726. The molecule has 1 unspecified atom stereocenters. The summed E-state index contributed by atoms with van der Waals surface area (Å²) in [5.74, 6) is 1.74. The third-order valence-corrected chi connectivity index (χ3v) is 4.41. The van der Waals surface area contributed by atoms with Crippen LogP contribution < -0.4 is 10.1 Å². The second-order valence-electron chi connectivity index (χ2n) is 6.52. The van der Waals surface area contributed by atoms with E-state index in [0.29, 0.717) is 30.5 Å². The molecular weight excluding hydrogens is 318 g/mol. The Morgan fingerprint density at radius 2 is 2.24 bits per heavy atom. The molecule has 1 fully saturated rings. The maximum absolute atomic E-state index is 12.8. The van der Waals surface area contributed by atoms with Gasteiger partial charge in [-0.05, 0) is 37.8 Å². The van der Waals surface area contributed by atoms with Crippen molar-refractivity contribution in [3.63, 3.8) is 0 Å². The molecule has 25 heavy (non-hydrogen) atoms. The number of ether oxygens (including phenoxy) is 1. The van der Waals surface area contributed by atoms with Gasteiger partial charge in [-0.2, -0.15) is 0 Å². The summed E-state index contributed by atoms with van der Waals surface area (Å²) in [6.45, 7) is 7.32. The molecule has 1 saturated heterocycles. The van der Waals surface area contributed by atoms with Crippen LogP contribution in [-0.4, -0.2) is 29.2 Å². The van der Waals surface area contributed by atoms with E-state index in [-0.39, 0.29) is 12.1 Å². The molecule has 0 aliphatic carbocycles. The number of nitrogens with one attached hydrogen (secondary N) is 1. The summed E-state index contributed by atoms with van der Waals surface area (Å²) in [5.41, 5.74) is 1.60. The molecule has 1 aromatic heterocycles. The molecule has 1 aliphatic rings. The topological polar surface area (TPSA) is 67.6 Å². The van der Waals surface area contributed by atoms with Gasteiger partial charge in [0.2, 0.25) is 0 Å². The Kier molecular flexibility index (Phi) is 5.26. The zero-order chi connectivity index (χ0) is 17.8. The fourth-order valence-electron chi connectivity index (χ4n) is 3.08. The lowest BCUT2D eigenvalue weighted by Crippen LogP contribution is -2.34. The van der Waals surface area contributed by atoms with Crippen molar-refractivity contribution in [2.45, 2.75) is 45.6 Å². The van der Waals surface area contributed by atoms with Crippen LogP contribution in [0.2, 0.25) is 0 Å². The summed E-state index contributed by atoms with van der Waals surface area (Å²) in [6, 6.07) is 9.23. The van der Waals surface area contributed by atoms with Gasteiger partial charge in [-0.15, -0.1) is 0 Å². The molecule has 0 bridgehead atoms. The predicted molar refractivity (Wildman–Crippen MR) is 95.9 cm³/mol. The Balaban J connectivity index is 1.74. The minimum absolute atomic E-state index is 0.0701. The SMILES string of the molecule is CCOc1ccccc1NC(=O)N1CCCC1c1cc(C(C)C)no1. The zero-order valence-electron chi connectivity index (χ0n) is 15.0. The smallest absolute Gasteiger partial charge is 0.322 e. The predicted octanol–water partition coefficient (Wildman–Crippen LogP) is 4.57. The van der Waals surface area contributed by atoms with E-state index in [2.05, 4.69) is 24.3 Å². The highest BCUT2D eigenvalue weighted by Crippen LogP contribution is 2.34. The van der Waals surface area contributed by atoms with Gasteiger partial charge in [0.15, 0.2) is 5.76 Å². The van der Waals surface area contributed by atoms with Crippen LogP contribution in [0.5, 0.6) is 5.75 Å². The molecule has 134 valence electrons. The molecule has 1 atom stereocenters. The molecular formula is C19H25N3O3. The van der Waals surface area contributed by atoms with E-state index in [9.17, 15) is 4.79 Å². The summed E-state index contributed by atoms with van der Waals surface area (Å²) in [5, 5.41) is 7.09. The van der Waals surface area contributed by atoms with Crippen molar-refractivity contribution in [2.75, 3.05) is 18.5 Å². The first kappa shape index (κ1) is 17.3. The summed E-state index contributed by atoms with van der Waals surface area (Å²) in [7, 11) is 0. The van der Waals surface area contributed by atoms with Gasteiger partial charge in [-0.1, -0.05) is 31.1 Å². The maximum atomic E-state index is 12.8. The van der Waals surface area contributed by atoms with Crippen LogP contribution in [0.1, 0.15) is 57.0 Å². The summed E-state index contributed by atoms with van der Waals surface area (Å²) in [6.07, 6.45) is 1.83. The van der Waals surface area contributed by atoms with E-state index in [1.807, 2.05) is 42.2 Å². The van der Waals surface area contributed by atoms with E-state index in [1.165, 1.54) is 0 Å². The van der Waals surface area contributed by atoms with Crippen molar-refractivity contribution in [2.24, 2.45) is 0 Å². The number of urea groups is 1. The van der Waals surface area contributed by atoms with Gasteiger partial charge in [0.1, 0.15) is 5.75 Å². The van der Waals surface area contributed by atoms with Crippen LogP contribution in [0.25, 0.3) is 0 Å². The van der Waals surface area contributed by atoms with E-state index < -0.39 is 0 Å². The van der Waals surface area contributed by atoms with Crippen LogP contribution in [0.3, 0.4) is 0 Å². The Hall–Kier alpha value is -2.50. The number of carbonyl (C=O) groups excluding carboxylic acids is 1. The molecule has 1 aromatic carbocycles. The fraction of sp³-hybridized carbons (Fsp3) is 0.474. The largest absolute Gasteiger partial charge is 0.492 e. The molecule has 0 spiro atoms.